The van der Waals surface area contributed by atoms with Crippen LogP contribution in [0.5, 0.6) is 5.75 Å². The molecule has 1 unspecified atom stereocenters. The average Bonchev–Trinajstić information content (AvgIpc) is 2.53. The van der Waals surface area contributed by atoms with Gasteiger partial charge in [0.15, 0.2) is 13.2 Å². The van der Waals surface area contributed by atoms with E-state index in [0.29, 0.717) is 17.4 Å². The Morgan fingerprint density at radius 3 is 2.48 bits per heavy atom. The highest BCUT2D eigenvalue weighted by Gasteiger charge is 2.14. The van der Waals surface area contributed by atoms with Crippen LogP contribution in [-0.4, -0.2) is 44.8 Å². The Morgan fingerprint density at radius 2 is 1.88 bits per heavy atom. The molecule has 0 aliphatic rings. The van der Waals surface area contributed by atoms with E-state index in [9.17, 15) is 9.59 Å². The van der Waals surface area contributed by atoms with Crippen LogP contribution < -0.4 is 10.1 Å². The molecule has 0 saturated heterocycles. The number of aryl methyl sites for hydroxylation is 1. The van der Waals surface area contributed by atoms with Crippen LogP contribution in [0, 0.1) is 6.92 Å². The SMILES string of the molecule is COCC(C)NC(=O)COC(=O)COc1cc(C)c(Cl)cc1C(C)C. The number of esters is 1. The van der Waals surface area contributed by atoms with Gasteiger partial charge in [0.05, 0.1) is 6.61 Å². The van der Waals surface area contributed by atoms with Gasteiger partial charge in [-0.3, -0.25) is 4.79 Å². The molecule has 0 saturated carbocycles. The van der Waals surface area contributed by atoms with Crippen LogP contribution in [-0.2, 0) is 19.1 Å². The molecule has 0 aliphatic heterocycles. The van der Waals surface area contributed by atoms with Crippen molar-refractivity contribution in [2.45, 2.75) is 39.7 Å². The second-order valence-electron chi connectivity index (χ2n) is 6.17. The Labute approximate surface area is 153 Å². The van der Waals surface area contributed by atoms with Gasteiger partial charge in [-0.05, 0) is 43.0 Å². The van der Waals surface area contributed by atoms with Crippen molar-refractivity contribution in [3.05, 3.63) is 28.3 Å². The minimum atomic E-state index is -0.614. The third-order valence-corrected chi connectivity index (χ3v) is 3.85. The third-order valence-electron chi connectivity index (χ3n) is 3.45. The Balaban J connectivity index is 2.52. The quantitative estimate of drug-likeness (QED) is 0.675. The molecule has 25 heavy (non-hydrogen) atoms. The molecule has 1 N–H and O–H groups in total. The van der Waals surface area contributed by atoms with E-state index in [0.717, 1.165) is 11.1 Å². The number of halogens is 1. The topological polar surface area (TPSA) is 73.9 Å². The number of hydrogen-bond donors (Lipinski definition) is 1. The van der Waals surface area contributed by atoms with Crippen LogP contribution in [0.25, 0.3) is 0 Å². The Bertz CT molecular complexity index is 603. The maximum atomic E-state index is 11.8. The van der Waals surface area contributed by atoms with Crippen molar-refractivity contribution in [2.75, 3.05) is 26.9 Å². The highest BCUT2D eigenvalue weighted by molar-refractivity contribution is 6.31. The Morgan fingerprint density at radius 1 is 1.20 bits per heavy atom. The van der Waals surface area contributed by atoms with Crippen LogP contribution in [0.4, 0.5) is 0 Å². The molecule has 140 valence electrons. The number of methoxy groups -OCH3 is 1. The largest absolute Gasteiger partial charge is 0.482 e. The molecule has 1 aromatic rings. The van der Waals surface area contributed by atoms with E-state index in [1.165, 1.54) is 0 Å². The zero-order valence-electron chi connectivity index (χ0n) is 15.3. The summed E-state index contributed by atoms with van der Waals surface area (Å²) in [6.45, 7) is 7.44. The molecule has 0 fully saturated rings. The van der Waals surface area contributed by atoms with Gasteiger partial charge in [-0.25, -0.2) is 4.79 Å². The van der Waals surface area contributed by atoms with Crippen molar-refractivity contribution < 1.29 is 23.8 Å². The number of carbonyl (C=O) groups excluding carboxylic acids is 2. The summed E-state index contributed by atoms with van der Waals surface area (Å²) in [6, 6.07) is 3.48. The highest BCUT2D eigenvalue weighted by atomic mass is 35.5. The van der Waals surface area contributed by atoms with Gasteiger partial charge in [-0.1, -0.05) is 25.4 Å². The van der Waals surface area contributed by atoms with Crippen LogP contribution in [0.1, 0.15) is 37.8 Å². The fourth-order valence-corrected chi connectivity index (χ4v) is 2.35. The molecule has 0 radical (unpaired) electrons. The van der Waals surface area contributed by atoms with Gasteiger partial charge in [0.1, 0.15) is 5.75 Å². The van der Waals surface area contributed by atoms with Crippen molar-refractivity contribution in [3.8, 4) is 5.75 Å². The van der Waals surface area contributed by atoms with E-state index in [4.69, 9.17) is 25.8 Å². The zero-order chi connectivity index (χ0) is 19.0. The lowest BCUT2D eigenvalue weighted by atomic mass is 10.0. The average molecular weight is 372 g/mol. The van der Waals surface area contributed by atoms with Crippen molar-refractivity contribution in [2.24, 2.45) is 0 Å². The van der Waals surface area contributed by atoms with Crippen LogP contribution >= 0.6 is 11.6 Å². The lowest BCUT2D eigenvalue weighted by molar-refractivity contribution is -0.150. The third kappa shape index (κ3) is 7.32. The summed E-state index contributed by atoms with van der Waals surface area (Å²) < 4.78 is 15.4. The maximum Gasteiger partial charge on any atom is 0.344 e. The zero-order valence-corrected chi connectivity index (χ0v) is 16.1. The normalized spacial score (nSPS) is 12.0. The van der Waals surface area contributed by atoms with Crippen molar-refractivity contribution in [1.82, 2.24) is 5.32 Å². The second-order valence-corrected chi connectivity index (χ2v) is 6.57. The smallest absolute Gasteiger partial charge is 0.344 e. The molecule has 6 nitrogen and oxygen atoms in total. The maximum absolute atomic E-state index is 11.8. The predicted octanol–water partition coefficient (Wildman–Crippen LogP) is 2.84. The minimum Gasteiger partial charge on any atom is -0.482 e. The number of nitrogens with one attached hydrogen (secondary N) is 1. The molecular formula is C18H26ClNO5. The Hall–Kier alpha value is -1.79. The molecular weight excluding hydrogens is 346 g/mol. The summed E-state index contributed by atoms with van der Waals surface area (Å²) in [7, 11) is 1.55. The summed E-state index contributed by atoms with van der Waals surface area (Å²) in [5.74, 6) is -0.218. The molecule has 7 heteroatoms. The molecule has 0 heterocycles. The molecule has 1 rings (SSSR count). The lowest BCUT2D eigenvalue weighted by Gasteiger charge is -2.16. The van der Waals surface area contributed by atoms with E-state index in [1.54, 1.807) is 20.1 Å². The summed E-state index contributed by atoms with van der Waals surface area (Å²) in [6.07, 6.45) is 0. The van der Waals surface area contributed by atoms with E-state index in [1.807, 2.05) is 26.8 Å². The van der Waals surface area contributed by atoms with E-state index in [-0.39, 0.29) is 31.1 Å². The van der Waals surface area contributed by atoms with Crippen molar-refractivity contribution >= 4 is 23.5 Å². The molecule has 1 aromatic carbocycles. The van der Waals surface area contributed by atoms with Crippen molar-refractivity contribution in [3.63, 3.8) is 0 Å². The Kier molecular flexibility index (Phi) is 8.72. The molecule has 0 spiro atoms. The van der Waals surface area contributed by atoms with E-state index < -0.39 is 5.97 Å². The number of rotatable bonds is 9. The first-order chi connectivity index (χ1) is 11.7. The fourth-order valence-electron chi connectivity index (χ4n) is 2.18. The molecule has 0 aromatic heterocycles. The van der Waals surface area contributed by atoms with Crippen LogP contribution in [0.3, 0.4) is 0 Å². The van der Waals surface area contributed by atoms with Gasteiger partial charge in [-0.2, -0.15) is 0 Å². The summed E-state index contributed by atoms with van der Waals surface area (Å²) in [5, 5.41) is 3.30. The minimum absolute atomic E-state index is 0.155. The molecule has 0 bridgehead atoms. The molecule has 1 atom stereocenters. The first-order valence-electron chi connectivity index (χ1n) is 8.11. The van der Waals surface area contributed by atoms with Gasteiger partial charge < -0.3 is 19.5 Å². The summed E-state index contributed by atoms with van der Waals surface area (Å²) in [5.41, 5.74) is 1.77. The molecule has 0 aliphatic carbocycles. The number of amides is 1. The standard InChI is InChI=1S/C18H26ClNO5/c1-11(2)14-7-15(19)12(3)6-16(14)24-10-18(22)25-9-17(21)20-13(4)8-23-5/h6-7,11,13H,8-10H2,1-5H3,(H,20,21). The van der Waals surface area contributed by atoms with E-state index >= 15 is 0 Å². The first kappa shape index (κ1) is 21.3. The lowest BCUT2D eigenvalue weighted by Crippen LogP contribution is -2.38. The number of benzene rings is 1. The second kappa shape index (κ2) is 10.3. The summed E-state index contributed by atoms with van der Waals surface area (Å²) >= 11 is 6.14. The van der Waals surface area contributed by atoms with Gasteiger partial charge >= 0.3 is 5.97 Å². The van der Waals surface area contributed by atoms with Gasteiger partial charge in [-0.15, -0.1) is 0 Å². The van der Waals surface area contributed by atoms with Crippen molar-refractivity contribution in [1.29, 1.82) is 0 Å². The number of hydrogen-bond acceptors (Lipinski definition) is 5. The van der Waals surface area contributed by atoms with Crippen LogP contribution in [0.15, 0.2) is 12.1 Å². The van der Waals surface area contributed by atoms with Gasteiger partial charge in [0, 0.05) is 18.2 Å². The number of ether oxygens (including phenoxy) is 3. The van der Waals surface area contributed by atoms with Gasteiger partial charge in [0.25, 0.3) is 5.91 Å². The summed E-state index contributed by atoms with van der Waals surface area (Å²) in [4.78, 5) is 23.4. The fraction of sp³-hybridized carbons (Fsp3) is 0.556. The highest BCUT2D eigenvalue weighted by Crippen LogP contribution is 2.31. The monoisotopic (exact) mass is 371 g/mol. The van der Waals surface area contributed by atoms with Crippen LogP contribution in [0.2, 0.25) is 5.02 Å². The number of carbonyl (C=O) groups is 2. The molecule has 1 amide bonds. The first-order valence-corrected chi connectivity index (χ1v) is 8.49. The predicted molar refractivity (Wildman–Crippen MR) is 96.2 cm³/mol. The van der Waals surface area contributed by atoms with E-state index in [2.05, 4.69) is 5.32 Å². The van der Waals surface area contributed by atoms with Gasteiger partial charge in [0.2, 0.25) is 0 Å².